The first-order valence-corrected chi connectivity index (χ1v) is 8.84. The van der Waals surface area contributed by atoms with Crippen molar-refractivity contribution in [2.45, 2.75) is 33.6 Å². The van der Waals surface area contributed by atoms with Crippen LogP contribution in [0.5, 0.6) is 0 Å². The first-order chi connectivity index (χ1) is 11.4. The highest BCUT2D eigenvalue weighted by Gasteiger charge is 2.15. The zero-order chi connectivity index (χ0) is 17.7. The van der Waals surface area contributed by atoms with E-state index in [4.69, 9.17) is 0 Å². The lowest BCUT2D eigenvalue weighted by atomic mass is 10.2. The summed E-state index contributed by atoms with van der Waals surface area (Å²) in [5.41, 5.74) is 3.17. The topological polar surface area (TPSA) is 58.1 Å². The average molecular weight is 391 g/mol. The number of halogens is 1. The van der Waals surface area contributed by atoms with E-state index in [1.54, 1.807) is 18.0 Å². The molecule has 0 atom stereocenters. The summed E-state index contributed by atoms with van der Waals surface area (Å²) in [6.45, 7) is 6.72. The van der Waals surface area contributed by atoms with Crippen LogP contribution in [0.3, 0.4) is 0 Å². The van der Waals surface area contributed by atoms with Gasteiger partial charge in [0.15, 0.2) is 0 Å². The van der Waals surface area contributed by atoms with Crippen LogP contribution in [0.15, 0.2) is 28.7 Å². The third-order valence-electron chi connectivity index (χ3n) is 3.68. The number of benzene rings is 1. The lowest BCUT2D eigenvalue weighted by molar-refractivity contribution is 0.0787. The van der Waals surface area contributed by atoms with Crippen molar-refractivity contribution in [2.24, 2.45) is 0 Å². The molecule has 128 valence electrons. The number of aromatic nitrogens is 2. The minimum Gasteiger partial charge on any atom is -0.340 e. The van der Waals surface area contributed by atoms with Crippen molar-refractivity contribution in [3.63, 3.8) is 0 Å². The second kappa shape index (κ2) is 8.24. The zero-order valence-corrected chi connectivity index (χ0v) is 16.1. The van der Waals surface area contributed by atoms with E-state index in [0.717, 1.165) is 40.8 Å². The Balaban J connectivity index is 2.21. The fourth-order valence-electron chi connectivity index (χ4n) is 2.28. The predicted molar refractivity (Wildman–Crippen MR) is 101 cm³/mol. The van der Waals surface area contributed by atoms with Crippen LogP contribution in [0.4, 0.5) is 11.6 Å². The molecule has 1 heterocycles. The molecule has 0 aliphatic carbocycles. The number of anilines is 2. The molecule has 1 amide bonds. The van der Waals surface area contributed by atoms with Gasteiger partial charge in [-0.3, -0.25) is 4.79 Å². The van der Waals surface area contributed by atoms with Crippen LogP contribution in [-0.2, 0) is 0 Å². The Labute approximate surface area is 151 Å². The van der Waals surface area contributed by atoms with Crippen LogP contribution >= 0.6 is 15.9 Å². The molecular formula is C18H23BrN4O. The molecule has 0 radical (unpaired) electrons. The summed E-state index contributed by atoms with van der Waals surface area (Å²) in [5.74, 6) is 0.355. The maximum absolute atomic E-state index is 12.5. The molecule has 0 saturated heterocycles. The van der Waals surface area contributed by atoms with E-state index < -0.39 is 0 Å². The number of unbranched alkanes of at least 4 members (excludes halogenated alkanes) is 1. The smallest absolute Gasteiger partial charge is 0.272 e. The molecule has 0 spiro atoms. The number of rotatable bonds is 6. The number of amides is 1. The molecule has 1 aromatic carbocycles. The van der Waals surface area contributed by atoms with Gasteiger partial charge in [0.1, 0.15) is 5.69 Å². The molecule has 0 saturated carbocycles. The minimum absolute atomic E-state index is 0.0796. The largest absolute Gasteiger partial charge is 0.340 e. The quantitative estimate of drug-likeness (QED) is 0.789. The molecule has 5 nitrogen and oxygen atoms in total. The third-order valence-corrected chi connectivity index (χ3v) is 4.57. The predicted octanol–water partition coefficient (Wildman–Crippen LogP) is 4.47. The van der Waals surface area contributed by atoms with Crippen LogP contribution in [0.2, 0.25) is 0 Å². The van der Waals surface area contributed by atoms with E-state index in [2.05, 4.69) is 38.1 Å². The molecule has 6 heteroatoms. The van der Waals surface area contributed by atoms with Gasteiger partial charge in [-0.1, -0.05) is 29.3 Å². The Hall–Kier alpha value is -1.95. The molecule has 0 aliphatic rings. The molecule has 24 heavy (non-hydrogen) atoms. The molecule has 0 aliphatic heterocycles. The number of nitrogens with zero attached hydrogens (tertiary/aromatic N) is 3. The van der Waals surface area contributed by atoms with Crippen LogP contribution in [0, 0.1) is 13.8 Å². The van der Waals surface area contributed by atoms with E-state index >= 15 is 0 Å². The summed E-state index contributed by atoms with van der Waals surface area (Å²) in [4.78, 5) is 23.0. The van der Waals surface area contributed by atoms with Crippen LogP contribution in [0.1, 0.15) is 41.5 Å². The number of nitrogens with one attached hydrogen (secondary N) is 1. The molecule has 0 bridgehead atoms. The van der Waals surface area contributed by atoms with Gasteiger partial charge < -0.3 is 10.2 Å². The van der Waals surface area contributed by atoms with Crippen molar-refractivity contribution in [2.75, 3.05) is 18.9 Å². The third kappa shape index (κ3) is 4.77. The van der Waals surface area contributed by atoms with E-state index in [-0.39, 0.29) is 5.91 Å². The molecular weight excluding hydrogens is 368 g/mol. The van der Waals surface area contributed by atoms with E-state index in [9.17, 15) is 4.79 Å². The fourth-order valence-corrected chi connectivity index (χ4v) is 2.52. The van der Waals surface area contributed by atoms with Crippen molar-refractivity contribution in [1.82, 2.24) is 14.9 Å². The van der Waals surface area contributed by atoms with Crippen LogP contribution in [-0.4, -0.2) is 34.4 Å². The van der Waals surface area contributed by atoms with Gasteiger partial charge in [-0.2, -0.15) is 0 Å². The number of hydrogen-bond donors (Lipinski definition) is 1. The van der Waals surface area contributed by atoms with Gasteiger partial charge >= 0.3 is 0 Å². The molecule has 1 aromatic heterocycles. The Morgan fingerprint density at radius 3 is 2.67 bits per heavy atom. The van der Waals surface area contributed by atoms with Gasteiger partial charge in [-0.15, -0.1) is 0 Å². The summed E-state index contributed by atoms with van der Waals surface area (Å²) in [5, 5.41) is 3.18. The van der Waals surface area contributed by atoms with Crippen molar-refractivity contribution < 1.29 is 4.79 Å². The SMILES string of the molecule is CCCCN(C)C(=O)c1cc(C)nc(Nc2ccc(Br)c(C)c2)n1. The Morgan fingerprint density at radius 2 is 2.00 bits per heavy atom. The highest BCUT2D eigenvalue weighted by Crippen LogP contribution is 2.22. The highest BCUT2D eigenvalue weighted by molar-refractivity contribution is 9.10. The van der Waals surface area contributed by atoms with Gasteiger partial charge in [-0.05, 0) is 50.1 Å². The second-order valence-electron chi connectivity index (χ2n) is 5.89. The minimum atomic E-state index is -0.0796. The summed E-state index contributed by atoms with van der Waals surface area (Å²) in [6.07, 6.45) is 2.03. The molecule has 0 fully saturated rings. The molecule has 0 unspecified atom stereocenters. The first-order valence-electron chi connectivity index (χ1n) is 8.05. The number of aryl methyl sites for hydroxylation is 2. The monoisotopic (exact) mass is 390 g/mol. The van der Waals surface area contributed by atoms with Crippen molar-refractivity contribution in [3.8, 4) is 0 Å². The Bertz CT molecular complexity index is 733. The van der Waals surface area contributed by atoms with Gasteiger partial charge in [0.05, 0.1) is 0 Å². The van der Waals surface area contributed by atoms with E-state index in [1.165, 1.54) is 0 Å². The van der Waals surface area contributed by atoms with Crippen molar-refractivity contribution in [1.29, 1.82) is 0 Å². The average Bonchev–Trinajstić information content (AvgIpc) is 2.54. The summed E-state index contributed by atoms with van der Waals surface area (Å²) in [6, 6.07) is 7.64. The first kappa shape index (κ1) is 18.4. The number of hydrogen-bond acceptors (Lipinski definition) is 4. The zero-order valence-electron chi connectivity index (χ0n) is 14.6. The van der Waals surface area contributed by atoms with Gasteiger partial charge in [0.25, 0.3) is 5.91 Å². The van der Waals surface area contributed by atoms with Gasteiger partial charge in [-0.25, -0.2) is 9.97 Å². The van der Waals surface area contributed by atoms with Crippen LogP contribution < -0.4 is 5.32 Å². The lowest BCUT2D eigenvalue weighted by Crippen LogP contribution is -2.28. The lowest BCUT2D eigenvalue weighted by Gasteiger charge is -2.17. The van der Waals surface area contributed by atoms with Crippen LogP contribution in [0.25, 0.3) is 0 Å². The molecule has 2 rings (SSSR count). The Kier molecular flexibility index (Phi) is 6.31. The summed E-state index contributed by atoms with van der Waals surface area (Å²) < 4.78 is 1.05. The Morgan fingerprint density at radius 1 is 1.25 bits per heavy atom. The summed E-state index contributed by atoms with van der Waals surface area (Å²) in [7, 11) is 1.81. The fraction of sp³-hybridized carbons (Fsp3) is 0.389. The molecule has 1 N–H and O–H groups in total. The molecule has 2 aromatic rings. The van der Waals surface area contributed by atoms with E-state index in [0.29, 0.717) is 11.6 Å². The van der Waals surface area contributed by atoms with Gasteiger partial charge in [0, 0.05) is 29.4 Å². The van der Waals surface area contributed by atoms with Crippen molar-refractivity contribution in [3.05, 3.63) is 45.7 Å². The van der Waals surface area contributed by atoms with Crippen molar-refractivity contribution >= 4 is 33.5 Å². The maximum atomic E-state index is 12.5. The number of carbonyl (C=O) groups is 1. The maximum Gasteiger partial charge on any atom is 0.272 e. The van der Waals surface area contributed by atoms with E-state index in [1.807, 2.05) is 32.0 Å². The van der Waals surface area contributed by atoms with Gasteiger partial charge in [0.2, 0.25) is 5.95 Å². The number of carbonyl (C=O) groups excluding carboxylic acids is 1. The summed E-state index contributed by atoms with van der Waals surface area (Å²) >= 11 is 3.48. The normalized spacial score (nSPS) is 10.5. The highest BCUT2D eigenvalue weighted by atomic mass is 79.9. The second-order valence-corrected chi connectivity index (χ2v) is 6.74. The standard InChI is InChI=1S/C18H23BrN4O/c1-5-6-9-23(4)17(24)16-11-13(3)20-18(22-16)21-14-7-8-15(19)12(2)10-14/h7-8,10-11H,5-6,9H2,1-4H3,(H,20,21,22).